The summed E-state index contributed by atoms with van der Waals surface area (Å²) in [4.78, 5) is 13.2. The maximum Gasteiger partial charge on any atom is 0.435 e. The first-order chi connectivity index (χ1) is 16.3. The number of halogens is 4. The minimum absolute atomic E-state index is 0.0609. The molecule has 1 heterocycles. The average molecular weight is 512 g/mol. The van der Waals surface area contributed by atoms with Gasteiger partial charge in [-0.15, -0.1) is 10.2 Å². The van der Waals surface area contributed by atoms with Crippen LogP contribution >= 0.6 is 0 Å². The number of hydrogen-bond acceptors (Lipinski definition) is 7. The molecule has 2 N–H and O–H groups in total. The van der Waals surface area contributed by atoms with Crippen molar-refractivity contribution in [1.82, 2.24) is 10.2 Å². The molecular weight excluding hydrogens is 492 g/mol. The lowest BCUT2D eigenvalue weighted by molar-refractivity contribution is -0.142. The van der Waals surface area contributed by atoms with Crippen LogP contribution in [0, 0.1) is 17.5 Å². The van der Waals surface area contributed by atoms with E-state index in [0.717, 1.165) is 13.0 Å². The molecule has 0 radical (unpaired) electrons. The van der Waals surface area contributed by atoms with Gasteiger partial charge in [0.25, 0.3) is 11.8 Å². The van der Waals surface area contributed by atoms with Crippen molar-refractivity contribution in [2.24, 2.45) is 0 Å². The summed E-state index contributed by atoms with van der Waals surface area (Å²) in [6.45, 7) is 2.89. The van der Waals surface area contributed by atoms with Crippen molar-refractivity contribution in [3.05, 3.63) is 65.1 Å². The molecule has 1 amide bonds. The highest BCUT2D eigenvalue weighted by Gasteiger charge is 2.38. The number of amides is 1. The number of alkyl halides is 3. The van der Waals surface area contributed by atoms with Gasteiger partial charge in [-0.05, 0) is 49.7 Å². The molecule has 8 nitrogen and oxygen atoms in total. The maximum atomic E-state index is 14.2. The van der Waals surface area contributed by atoms with Crippen LogP contribution in [0.2, 0.25) is 0 Å². The van der Waals surface area contributed by atoms with Crippen LogP contribution in [0.5, 0.6) is 17.4 Å². The summed E-state index contributed by atoms with van der Waals surface area (Å²) in [7, 11) is -3.11. The van der Waals surface area contributed by atoms with Gasteiger partial charge in [0.15, 0.2) is 17.3 Å². The molecule has 0 saturated heterocycles. The van der Waals surface area contributed by atoms with E-state index in [1.165, 1.54) is 42.7 Å². The SMILES string of the molecule is CCOc1ccc(Oc2nnc(C(F)(F)F)c(C)c2C(=O)Nc2cccc(S(C)(=N)=O)c2)cc1F. The van der Waals surface area contributed by atoms with Crippen molar-refractivity contribution in [1.29, 1.82) is 4.78 Å². The number of benzene rings is 2. The van der Waals surface area contributed by atoms with E-state index in [-0.39, 0.29) is 28.7 Å². The quantitative estimate of drug-likeness (QED) is 0.409. The molecule has 2 aromatic carbocycles. The number of aromatic nitrogens is 2. The van der Waals surface area contributed by atoms with Crippen LogP contribution < -0.4 is 14.8 Å². The first-order valence-corrected chi connectivity index (χ1v) is 12.0. The lowest BCUT2D eigenvalue weighted by Gasteiger charge is -2.16. The number of rotatable bonds is 7. The van der Waals surface area contributed by atoms with Crippen molar-refractivity contribution in [3.8, 4) is 17.4 Å². The number of anilines is 1. The Bertz CT molecular complexity index is 1380. The van der Waals surface area contributed by atoms with Gasteiger partial charge in [-0.2, -0.15) is 13.2 Å². The highest BCUT2D eigenvalue weighted by atomic mass is 32.2. The molecule has 13 heteroatoms. The molecule has 1 atom stereocenters. The van der Waals surface area contributed by atoms with E-state index in [1.807, 2.05) is 0 Å². The zero-order valence-electron chi connectivity index (χ0n) is 18.7. The summed E-state index contributed by atoms with van der Waals surface area (Å²) in [5.74, 6) is -2.63. The van der Waals surface area contributed by atoms with Gasteiger partial charge < -0.3 is 14.8 Å². The number of hydrogen-bond donors (Lipinski definition) is 2. The van der Waals surface area contributed by atoms with Crippen molar-refractivity contribution < 1.29 is 36.0 Å². The third-order valence-corrected chi connectivity index (χ3v) is 5.79. The first kappa shape index (κ1) is 25.9. The zero-order chi connectivity index (χ0) is 26.0. The van der Waals surface area contributed by atoms with E-state index in [2.05, 4.69) is 15.5 Å². The van der Waals surface area contributed by atoms with E-state index >= 15 is 0 Å². The predicted molar refractivity (Wildman–Crippen MR) is 119 cm³/mol. The molecule has 35 heavy (non-hydrogen) atoms. The Kier molecular flexibility index (Phi) is 7.29. The standard InChI is InChI=1S/C22H20F4N4O4S/c1-4-33-17-9-8-14(11-16(17)23)34-21-18(12(2)19(29-30-21)22(24,25)26)20(31)28-13-6-5-7-15(10-13)35(3,27)32/h5-11,27H,4H2,1-3H3,(H,28,31). The second-order valence-electron chi connectivity index (χ2n) is 7.30. The summed E-state index contributed by atoms with van der Waals surface area (Å²) in [6, 6.07) is 9.00. The van der Waals surface area contributed by atoms with Gasteiger partial charge in [-0.25, -0.2) is 13.4 Å². The highest BCUT2D eigenvalue weighted by molar-refractivity contribution is 7.91. The molecule has 186 valence electrons. The number of ether oxygens (including phenoxy) is 2. The third-order valence-electron chi connectivity index (χ3n) is 4.64. The number of nitrogens with zero attached hydrogens (tertiary/aromatic N) is 2. The minimum atomic E-state index is -4.91. The molecule has 0 aliphatic heterocycles. The van der Waals surface area contributed by atoms with Crippen LogP contribution in [-0.4, -0.2) is 33.2 Å². The molecule has 3 aromatic rings. The predicted octanol–water partition coefficient (Wildman–Crippen LogP) is 5.42. The number of nitrogens with one attached hydrogen (secondary N) is 2. The Morgan fingerprint density at radius 1 is 1.17 bits per heavy atom. The molecular formula is C22H20F4N4O4S. The molecule has 0 fully saturated rings. The van der Waals surface area contributed by atoms with Crippen LogP contribution in [-0.2, 0) is 15.9 Å². The summed E-state index contributed by atoms with van der Waals surface area (Å²) < 4.78 is 84.7. The zero-order valence-corrected chi connectivity index (χ0v) is 19.5. The second-order valence-corrected chi connectivity index (χ2v) is 9.46. The van der Waals surface area contributed by atoms with E-state index in [1.54, 1.807) is 6.92 Å². The van der Waals surface area contributed by atoms with Gasteiger partial charge in [-0.3, -0.25) is 4.79 Å². The number of carbonyl (C=O) groups excluding carboxylic acids is 1. The van der Waals surface area contributed by atoms with Gasteiger partial charge >= 0.3 is 6.18 Å². The summed E-state index contributed by atoms with van der Waals surface area (Å²) in [5.41, 5.74) is -2.47. The summed E-state index contributed by atoms with van der Waals surface area (Å²) >= 11 is 0. The van der Waals surface area contributed by atoms with Crippen molar-refractivity contribution in [2.45, 2.75) is 24.9 Å². The fourth-order valence-electron chi connectivity index (χ4n) is 3.05. The Hall–Kier alpha value is -3.74. The van der Waals surface area contributed by atoms with E-state index in [4.69, 9.17) is 14.3 Å². The second kappa shape index (κ2) is 9.86. The molecule has 1 unspecified atom stereocenters. The molecule has 0 bridgehead atoms. The molecule has 1 aromatic heterocycles. The van der Waals surface area contributed by atoms with E-state index < -0.39 is 50.3 Å². The monoisotopic (exact) mass is 512 g/mol. The number of carbonyl (C=O) groups is 1. The van der Waals surface area contributed by atoms with E-state index in [9.17, 15) is 26.6 Å². The fraction of sp³-hybridized carbons (Fsp3) is 0.227. The Balaban J connectivity index is 2.04. The smallest absolute Gasteiger partial charge is 0.435 e. The van der Waals surface area contributed by atoms with Crippen molar-refractivity contribution in [2.75, 3.05) is 18.2 Å². The Morgan fingerprint density at radius 3 is 2.49 bits per heavy atom. The third kappa shape index (κ3) is 6.04. The summed E-state index contributed by atoms with van der Waals surface area (Å²) in [5, 5.41) is 8.97. The van der Waals surface area contributed by atoms with Crippen molar-refractivity contribution in [3.63, 3.8) is 0 Å². The molecule has 0 saturated carbocycles. The Morgan fingerprint density at radius 2 is 1.89 bits per heavy atom. The molecule has 0 aliphatic carbocycles. The van der Waals surface area contributed by atoms with Gasteiger partial charge in [-0.1, -0.05) is 6.07 Å². The minimum Gasteiger partial charge on any atom is -0.491 e. The topological polar surface area (TPSA) is 114 Å². The van der Waals surface area contributed by atoms with Crippen LogP contribution in [0.25, 0.3) is 0 Å². The largest absolute Gasteiger partial charge is 0.491 e. The van der Waals surface area contributed by atoms with Crippen LogP contribution in [0.3, 0.4) is 0 Å². The van der Waals surface area contributed by atoms with Gasteiger partial charge in [0.2, 0.25) is 0 Å². The van der Waals surface area contributed by atoms with E-state index in [0.29, 0.717) is 0 Å². The first-order valence-electron chi connectivity index (χ1n) is 10.0. The molecule has 0 spiro atoms. The summed E-state index contributed by atoms with van der Waals surface area (Å²) in [6.07, 6.45) is -3.73. The average Bonchev–Trinajstić information content (AvgIpc) is 2.74. The molecule has 3 rings (SSSR count). The lowest BCUT2D eigenvalue weighted by atomic mass is 10.1. The fourth-order valence-corrected chi connectivity index (χ4v) is 3.74. The van der Waals surface area contributed by atoms with Crippen molar-refractivity contribution >= 4 is 21.3 Å². The van der Waals surface area contributed by atoms with Gasteiger partial charge in [0.05, 0.1) is 16.3 Å². The maximum absolute atomic E-state index is 14.2. The van der Waals surface area contributed by atoms with Crippen LogP contribution in [0.4, 0.5) is 23.2 Å². The van der Waals surface area contributed by atoms with Crippen LogP contribution in [0.1, 0.15) is 28.5 Å². The normalized spacial score (nSPS) is 13.1. The lowest BCUT2D eigenvalue weighted by Crippen LogP contribution is -2.21. The van der Waals surface area contributed by atoms with Gasteiger partial charge in [0.1, 0.15) is 11.3 Å². The van der Waals surface area contributed by atoms with Gasteiger partial charge in [0, 0.05) is 22.9 Å². The molecule has 0 aliphatic rings. The van der Waals surface area contributed by atoms with Crippen LogP contribution in [0.15, 0.2) is 47.4 Å². The Labute approximate surface area is 198 Å². The highest BCUT2D eigenvalue weighted by Crippen LogP contribution is 2.35.